The van der Waals surface area contributed by atoms with Crippen molar-refractivity contribution in [2.24, 2.45) is 0 Å². The minimum Gasteiger partial charge on any atom is -0.478 e. The highest BCUT2D eigenvalue weighted by Gasteiger charge is 2.28. The standard InChI is InChI=1S/C13H17NO3/c1-3-16-13(15)11-7-5-9-4-6-10(14)8(2)12(9)17-11/h4,6,11H,3,5,7,14H2,1-2H3. The van der Waals surface area contributed by atoms with Crippen molar-refractivity contribution < 1.29 is 14.3 Å². The molecule has 17 heavy (non-hydrogen) atoms. The molecule has 2 rings (SSSR count). The van der Waals surface area contributed by atoms with E-state index in [1.807, 2.05) is 19.1 Å². The number of carbonyl (C=O) groups is 1. The summed E-state index contributed by atoms with van der Waals surface area (Å²) >= 11 is 0. The smallest absolute Gasteiger partial charge is 0.347 e. The highest BCUT2D eigenvalue weighted by Crippen LogP contribution is 2.34. The number of rotatable bonds is 2. The van der Waals surface area contributed by atoms with Crippen LogP contribution in [-0.4, -0.2) is 18.7 Å². The van der Waals surface area contributed by atoms with Crippen LogP contribution in [0.1, 0.15) is 24.5 Å². The van der Waals surface area contributed by atoms with Gasteiger partial charge in [0.25, 0.3) is 0 Å². The average molecular weight is 235 g/mol. The molecule has 1 heterocycles. The van der Waals surface area contributed by atoms with E-state index >= 15 is 0 Å². The van der Waals surface area contributed by atoms with Crippen LogP contribution in [0.4, 0.5) is 5.69 Å². The maximum atomic E-state index is 11.6. The molecule has 1 aromatic rings. The highest BCUT2D eigenvalue weighted by atomic mass is 16.6. The molecule has 0 aromatic heterocycles. The summed E-state index contributed by atoms with van der Waals surface area (Å²) in [4.78, 5) is 11.6. The largest absolute Gasteiger partial charge is 0.478 e. The third-order valence-corrected chi connectivity index (χ3v) is 3.01. The SMILES string of the molecule is CCOC(=O)C1CCc2ccc(N)c(C)c2O1. The second-order valence-electron chi connectivity index (χ2n) is 4.17. The summed E-state index contributed by atoms with van der Waals surface area (Å²) in [6.07, 6.45) is 0.984. The molecule has 0 bridgehead atoms. The number of esters is 1. The molecule has 1 aliphatic rings. The maximum absolute atomic E-state index is 11.6. The predicted molar refractivity (Wildman–Crippen MR) is 65.0 cm³/mol. The number of hydrogen-bond donors (Lipinski definition) is 1. The van der Waals surface area contributed by atoms with Crippen molar-refractivity contribution in [2.45, 2.75) is 32.8 Å². The fourth-order valence-corrected chi connectivity index (χ4v) is 2.01. The van der Waals surface area contributed by atoms with E-state index in [1.54, 1.807) is 6.92 Å². The van der Waals surface area contributed by atoms with Gasteiger partial charge in [-0.3, -0.25) is 0 Å². The Kier molecular flexibility index (Phi) is 3.22. The van der Waals surface area contributed by atoms with Gasteiger partial charge in [-0.1, -0.05) is 6.07 Å². The third kappa shape index (κ3) is 2.20. The van der Waals surface area contributed by atoms with E-state index in [4.69, 9.17) is 15.2 Å². The zero-order valence-electron chi connectivity index (χ0n) is 10.2. The number of ether oxygens (including phenoxy) is 2. The fraction of sp³-hybridized carbons (Fsp3) is 0.462. The lowest BCUT2D eigenvalue weighted by atomic mass is 9.98. The summed E-state index contributed by atoms with van der Waals surface area (Å²) < 4.78 is 10.7. The van der Waals surface area contributed by atoms with E-state index in [0.717, 1.165) is 23.3 Å². The van der Waals surface area contributed by atoms with E-state index in [2.05, 4.69) is 0 Å². The van der Waals surface area contributed by atoms with Crippen LogP contribution in [0.2, 0.25) is 0 Å². The molecular weight excluding hydrogens is 218 g/mol. The molecule has 0 amide bonds. The minimum atomic E-state index is -0.497. The summed E-state index contributed by atoms with van der Waals surface area (Å²) in [5, 5.41) is 0. The Morgan fingerprint density at radius 2 is 2.35 bits per heavy atom. The van der Waals surface area contributed by atoms with E-state index in [1.165, 1.54) is 0 Å². The molecule has 4 heteroatoms. The second-order valence-corrected chi connectivity index (χ2v) is 4.17. The summed E-state index contributed by atoms with van der Waals surface area (Å²) in [5.74, 6) is 0.453. The maximum Gasteiger partial charge on any atom is 0.347 e. The molecule has 2 N–H and O–H groups in total. The van der Waals surface area contributed by atoms with Crippen LogP contribution in [-0.2, 0) is 16.0 Å². The first-order valence-electron chi connectivity index (χ1n) is 5.84. The van der Waals surface area contributed by atoms with Crippen LogP contribution in [0.3, 0.4) is 0 Å². The van der Waals surface area contributed by atoms with Gasteiger partial charge in [-0.15, -0.1) is 0 Å². The van der Waals surface area contributed by atoms with Crippen LogP contribution in [0.15, 0.2) is 12.1 Å². The lowest BCUT2D eigenvalue weighted by Crippen LogP contribution is -2.33. The minimum absolute atomic E-state index is 0.292. The van der Waals surface area contributed by atoms with Crippen LogP contribution >= 0.6 is 0 Å². The molecule has 0 saturated heterocycles. The van der Waals surface area contributed by atoms with Crippen molar-refractivity contribution in [3.63, 3.8) is 0 Å². The van der Waals surface area contributed by atoms with E-state index in [-0.39, 0.29) is 5.97 Å². The highest BCUT2D eigenvalue weighted by molar-refractivity contribution is 5.76. The fourth-order valence-electron chi connectivity index (χ4n) is 2.01. The quantitative estimate of drug-likeness (QED) is 0.627. The van der Waals surface area contributed by atoms with E-state index in [9.17, 15) is 4.79 Å². The monoisotopic (exact) mass is 235 g/mol. The molecule has 0 fully saturated rings. The first kappa shape index (κ1) is 11.8. The zero-order chi connectivity index (χ0) is 12.4. The predicted octanol–water partition coefficient (Wildman–Crippen LogP) is 1.83. The van der Waals surface area contributed by atoms with Crippen molar-refractivity contribution >= 4 is 11.7 Å². The van der Waals surface area contributed by atoms with Gasteiger partial charge in [0.05, 0.1) is 6.61 Å². The summed E-state index contributed by atoms with van der Waals surface area (Å²) in [7, 11) is 0. The van der Waals surface area contributed by atoms with Crippen LogP contribution in [0, 0.1) is 6.92 Å². The molecule has 0 aliphatic carbocycles. The van der Waals surface area contributed by atoms with Crippen LogP contribution < -0.4 is 10.5 Å². The number of nitrogen functional groups attached to an aromatic ring is 1. The molecule has 1 atom stereocenters. The Morgan fingerprint density at radius 3 is 3.06 bits per heavy atom. The molecule has 0 spiro atoms. The Hall–Kier alpha value is -1.71. The van der Waals surface area contributed by atoms with Gasteiger partial charge in [-0.2, -0.15) is 0 Å². The molecule has 92 valence electrons. The summed E-state index contributed by atoms with van der Waals surface area (Å²) in [5.41, 5.74) is 8.52. The molecule has 1 aromatic carbocycles. The van der Waals surface area contributed by atoms with Gasteiger partial charge in [-0.25, -0.2) is 4.79 Å². The van der Waals surface area contributed by atoms with Crippen molar-refractivity contribution in [2.75, 3.05) is 12.3 Å². The summed E-state index contributed by atoms with van der Waals surface area (Å²) in [6.45, 7) is 4.07. The first-order chi connectivity index (χ1) is 8.13. The molecule has 0 radical (unpaired) electrons. The molecular formula is C13H17NO3. The lowest BCUT2D eigenvalue weighted by molar-refractivity contribution is -0.152. The Morgan fingerprint density at radius 1 is 1.59 bits per heavy atom. The third-order valence-electron chi connectivity index (χ3n) is 3.01. The Labute approximate surface area is 101 Å². The number of hydrogen-bond acceptors (Lipinski definition) is 4. The van der Waals surface area contributed by atoms with Crippen molar-refractivity contribution in [1.29, 1.82) is 0 Å². The number of nitrogens with two attached hydrogens (primary N) is 1. The normalized spacial score (nSPS) is 18.1. The Bertz CT molecular complexity index is 443. The summed E-state index contributed by atoms with van der Waals surface area (Å²) in [6, 6.07) is 3.83. The van der Waals surface area contributed by atoms with Gasteiger partial charge in [0, 0.05) is 11.3 Å². The van der Waals surface area contributed by atoms with E-state index < -0.39 is 6.10 Å². The number of fused-ring (bicyclic) bond motifs is 1. The van der Waals surface area contributed by atoms with Gasteiger partial charge >= 0.3 is 5.97 Å². The Balaban J connectivity index is 2.23. The van der Waals surface area contributed by atoms with Gasteiger partial charge in [0.1, 0.15) is 5.75 Å². The lowest BCUT2D eigenvalue weighted by Gasteiger charge is -2.26. The van der Waals surface area contributed by atoms with Crippen molar-refractivity contribution in [3.8, 4) is 5.75 Å². The molecule has 1 aliphatic heterocycles. The van der Waals surface area contributed by atoms with Crippen molar-refractivity contribution in [1.82, 2.24) is 0 Å². The van der Waals surface area contributed by atoms with Crippen molar-refractivity contribution in [3.05, 3.63) is 23.3 Å². The van der Waals surface area contributed by atoms with Gasteiger partial charge in [0.2, 0.25) is 0 Å². The second kappa shape index (κ2) is 4.65. The number of aryl methyl sites for hydroxylation is 1. The number of carbonyl (C=O) groups excluding carboxylic acids is 1. The zero-order valence-corrected chi connectivity index (χ0v) is 10.2. The topological polar surface area (TPSA) is 61.5 Å². The van der Waals surface area contributed by atoms with Gasteiger partial charge in [0.15, 0.2) is 6.10 Å². The van der Waals surface area contributed by atoms with Crippen LogP contribution in [0.25, 0.3) is 0 Å². The van der Waals surface area contributed by atoms with Gasteiger partial charge < -0.3 is 15.2 Å². The average Bonchev–Trinajstić information content (AvgIpc) is 2.34. The van der Waals surface area contributed by atoms with E-state index in [0.29, 0.717) is 18.7 Å². The van der Waals surface area contributed by atoms with Crippen LogP contribution in [0.5, 0.6) is 5.75 Å². The number of benzene rings is 1. The molecule has 0 saturated carbocycles. The first-order valence-corrected chi connectivity index (χ1v) is 5.84. The molecule has 1 unspecified atom stereocenters. The van der Waals surface area contributed by atoms with Gasteiger partial charge in [-0.05, 0) is 38.3 Å². The number of anilines is 1. The molecule has 4 nitrogen and oxygen atoms in total.